The van der Waals surface area contributed by atoms with E-state index in [1.807, 2.05) is 50.2 Å². The van der Waals surface area contributed by atoms with Gasteiger partial charge in [0, 0.05) is 11.6 Å². The second-order valence-electron chi connectivity index (χ2n) is 8.80. The first-order chi connectivity index (χ1) is 15.7. The van der Waals surface area contributed by atoms with Gasteiger partial charge in [0.15, 0.2) is 0 Å². The molecule has 3 rings (SSSR count). The Morgan fingerprint density at radius 1 is 0.970 bits per heavy atom. The molecule has 2 N–H and O–H groups in total. The van der Waals surface area contributed by atoms with Gasteiger partial charge in [-0.3, -0.25) is 0 Å². The van der Waals surface area contributed by atoms with Gasteiger partial charge in [-0.25, -0.2) is 4.68 Å². The Labute approximate surface area is 199 Å². The molecule has 0 fully saturated rings. The van der Waals surface area contributed by atoms with Gasteiger partial charge in [0.2, 0.25) is 0 Å². The van der Waals surface area contributed by atoms with Crippen LogP contribution >= 0.6 is 11.6 Å². The Kier molecular flexibility index (Phi) is 8.35. The summed E-state index contributed by atoms with van der Waals surface area (Å²) < 4.78 is 13.0. The van der Waals surface area contributed by atoms with E-state index in [4.69, 9.17) is 21.1 Å². The lowest BCUT2D eigenvalue weighted by Crippen LogP contribution is -2.24. The first-order valence-corrected chi connectivity index (χ1v) is 11.5. The van der Waals surface area contributed by atoms with Gasteiger partial charge in [-0.05, 0) is 48.7 Å². The number of aryl methyl sites for hydroxylation is 2. The summed E-state index contributed by atoms with van der Waals surface area (Å²) in [4.78, 5) is 0. The Morgan fingerprint density at radius 3 is 2.24 bits per heavy atom. The van der Waals surface area contributed by atoms with Crippen LogP contribution in [0.25, 0.3) is 0 Å². The molecule has 0 spiro atoms. The van der Waals surface area contributed by atoms with E-state index in [0.29, 0.717) is 12.3 Å². The number of benzene rings is 2. The van der Waals surface area contributed by atoms with Crippen LogP contribution in [0.4, 0.5) is 0 Å². The van der Waals surface area contributed by atoms with E-state index in [2.05, 4.69) is 30.2 Å². The van der Waals surface area contributed by atoms with Crippen molar-refractivity contribution in [3.63, 3.8) is 0 Å². The molecule has 8 heteroatoms. The average Bonchev–Trinajstić information content (AvgIpc) is 3.21. The lowest BCUT2D eigenvalue weighted by molar-refractivity contribution is 0.0888. The van der Waals surface area contributed by atoms with E-state index in [-0.39, 0.29) is 24.5 Å². The summed E-state index contributed by atoms with van der Waals surface area (Å²) in [6, 6.07) is 14.0. The van der Waals surface area contributed by atoms with Crippen LogP contribution in [0.5, 0.6) is 11.5 Å². The molecular weight excluding hydrogens is 442 g/mol. The predicted octanol–water partition coefficient (Wildman–Crippen LogP) is 3.64. The molecule has 2 atom stereocenters. The molecule has 2 aromatic carbocycles. The Bertz CT molecular complexity index is 1040. The van der Waals surface area contributed by atoms with E-state index in [1.165, 1.54) is 0 Å². The highest BCUT2D eigenvalue weighted by atomic mass is 35.5. The number of nitrogens with zero attached hydrogens (tertiary/aromatic N) is 3. The standard InChI is InChI=1S/C25H32ClN3O4/c1-17-11-20(7-10-24(17)33-15-21(30)12-26)25(3,4)19-5-8-23(9-6-19)32-16-22(31)14-29-13-18(2)27-28-29/h5-11,13,21-22,30-31H,12,14-16H2,1-4H3/t21-,22-/m0/s1. The molecule has 7 nitrogen and oxygen atoms in total. The van der Waals surface area contributed by atoms with Crippen LogP contribution < -0.4 is 9.47 Å². The van der Waals surface area contributed by atoms with Crippen molar-refractivity contribution in [3.8, 4) is 11.5 Å². The lowest BCUT2D eigenvalue weighted by atomic mass is 9.77. The van der Waals surface area contributed by atoms with Crippen molar-refractivity contribution in [2.45, 2.75) is 51.9 Å². The minimum atomic E-state index is -0.684. The molecular formula is C25H32ClN3O4. The smallest absolute Gasteiger partial charge is 0.122 e. The normalized spacial score (nSPS) is 13.5. The van der Waals surface area contributed by atoms with Crippen LogP contribution in [0.15, 0.2) is 48.7 Å². The minimum absolute atomic E-state index is 0.143. The fourth-order valence-electron chi connectivity index (χ4n) is 3.51. The largest absolute Gasteiger partial charge is 0.491 e. The molecule has 1 heterocycles. The third-order valence-corrected chi connectivity index (χ3v) is 5.93. The van der Waals surface area contributed by atoms with E-state index in [9.17, 15) is 10.2 Å². The van der Waals surface area contributed by atoms with Crippen LogP contribution in [0, 0.1) is 13.8 Å². The molecule has 0 aliphatic heterocycles. The van der Waals surface area contributed by atoms with Gasteiger partial charge < -0.3 is 19.7 Å². The van der Waals surface area contributed by atoms with Gasteiger partial charge in [0.25, 0.3) is 0 Å². The van der Waals surface area contributed by atoms with Gasteiger partial charge in [-0.2, -0.15) is 0 Å². The van der Waals surface area contributed by atoms with Crippen LogP contribution in [0.3, 0.4) is 0 Å². The van der Waals surface area contributed by atoms with Crippen molar-refractivity contribution in [2.75, 3.05) is 19.1 Å². The van der Waals surface area contributed by atoms with Crippen molar-refractivity contribution in [1.29, 1.82) is 0 Å². The fraction of sp³-hybridized carbons (Fsp3) is 0.440. The fourth-order valence-corrected chi connectivity index (χ4v) is 3.60. The Morgan fingerprint density at radius 2 is 1.64 bits per heavy atom. The van der Waals surface area contributed by atoms with E-state index < -0.39 is 12.2 Å². The van der Waals surface area contributed by atoms with Crippen LogP contribution in [-0.4, -0.2) is 56.5 Å². The topological polar surface area (TPSA) is 89.6 Å². The quantitative estimate of drug-likeness (QED) is 0.413. The molecule has 178 valence electrons. The molecule has 33 heavy (non-hydrogen) atoms. The summed E-state index contributed by atoms with van der Waals surface area (Å²) in [7, 11) is 0. The molecule has 0 radical (unpaired) electrons. The molecule has 0 amide bonds. The highest BCUT2D eigenvalue weighted by molar-refractivity contribution is 6.18. The average molecular weight is 474 g/mol. The van der Waals surface area contributed by atoms with Crippen molar-refractivity contribution in [1.82, 2.24) is 15.0 Å². The van der Waals surface area contributed by atoms with Gasteiger partial charge in [-0.15, -0.1) is 16.7 Å². The SMILES string of the molecule is Cc1cn(C[C@H](O)COc2ccc(C(C)(C)c3ccc(OC[C@@H](O)CCl)c(C)c3)cc2)nn1. The summed E-state index contributed by atoms with van der Waals surface area (Å²) in [5.41, 5.74) is 3.86. The summed E-state index contributed by atoms with van der Waals surface area (Å²) in [6.45, 7) is 8.84. The van der Waals surface area contributed by atoms with Crippen molar-refractivity contribution < 1.29 is 19.7 Å². The first-order valence-electron chi connectivity index (χ1n) is 10.9. The minimum Gasteiger partial charge on any atom is -0.491 e. The molecule has 0 aliphatic rings. The third kappa shape index (κ3) is 6.69. The van der Waals surface area contributed by atoms with Crippen LogP contribution in [-0.2, 0) is 12.0 Å². The number of rotatable bonds is 11. The molecule has 3 aromatic rings. The number of aliphatic hydroxyl groups is 2. The van der Waals surface area contributed by atoms with E-state index in [0.717, 1.165) is 28.1 Å². The number of halogens is 1. The summed E-state index contributed by atoms with van der Waals surface area (Å²) in [5.74, 6) is 1.58. The molecule has 0 saturated heterocycles. The van der Waals surface area contributed by atoms with Crippen molar-refractivity contribution in [3.05, 3.63) is 71.0 Å². The zero-order valence-electron chi connectivity index (χ0n) is 19.5. The number of aromatic nitrogens is 3. The maximum Gasteiger partial charge on any atom is 0.122 e. The maximum absolute atomic E-state index is 10.2. The van der Waals surface area contributed by atoms with Crippen LogP contribution in [0.1, 0.15) is 36.2 Å². The number of hydrogen-bond acceptors (Lipinski definition) is 6. The second-order valence-corrected chi connectivity index (χ2v) is 9.10. The van der Waals surface area contributed by atoms with E-state index in [1.54, 1.807) is 10.9 Å². The maximum atomic E-state index is 10.2. The highest BCUT2D eigenvalue weighted by Gasteiger charge is 2.24. The Balaban J connectivity index is 1.61. The Hall–Kier alpha value is -2.61. The predicted molar refractivity (Wildman–Crippen MR) is 128 cm³/mol. The van der Waals surface area contributed by atoms with E-state index >= 15 is 0 Å². The summed E-state index contributed by atoms with van der Waals surface area (Å²) >= 11 is 5.63. The van der Waals surface area contributed by atoms with Gasteiger partial charge in [-0.1, -0.05) is 43.3 Å². The number of ether oxygens (including phenoxy) is 2. The molecule has 0 bridgehead atoms. The highest BCUT2D eigenvalue weighted by Crippen LogP contribution is 2.34. The summed E-state index contributed by atoms with van der Waals surface area (Å²) in [5, 5.41) is 27.7. The van der Waals surface area contributed by atoms with Crippen molar-refractivity contribution in [2.24, 2.45) is 0 Å². The van der Waals surface area contributed by atoms with Gasteiger partial charge in [0.1, 0.15) is 36.9 Å². The van der Waals surface area contributed by atoms with Gasteiger partial charge in [0.05, 0.1) is 18.1 Å². The third-order valence-electron chi connectivity index (χ3n) is 5.58. The zero-order valence-corrected chi connectivity index (χ0v) is 20.3. The number of hydrogen-bond donors (Lipinski definition) is 2. The number of alkyl halides is 1. The molecule has 0 unspecified atom stereocenters. The van der Waals surface area contributed by atoms with Crippen molar-refractivity contribution >= 4 is 11.6 Å². The molecule has 0 saturated carbocycles. The molecule has 1 aromatic heterocycles. The lowest BCUT2D eigenvalue weighted by Gasteiger charge is -2.27. The van der Waals surface area contributed by atoms with Crippen LogP contribution in [0.2, 0.25) is 0 Å². The first kappa shape index (κ1) is 25.0. The number of aliphatic hydroxyl groups excluding tert-OH is 2. The monoisotopic (exact) mass is 473 g/mol. The zero-order chi connectivity index (χ0) is 24.0. The summed E-state index contributed by atoms with van der Waals surface area (Å²) in [6.07, 6.45) is 0.413. The molecule has 0 aliphatic carbocycles. The van der Waals surface area contributed by atoms with Gasteiger partial charge >= 0.3 is 0 Å². The second kappa shape index (κ2) is 11.0.